The Morgan fingerprint density at radius 2 is 0.630 bits per heavy atom. The smallest absolute Gasteiger partial charge is 0.305 e. The van der Waals surface area contributed by atoms with Crippen LogP contribution in [0.25, 0.3) is 0 Å². The number of rotatable bonds is 63. The molecule has 0 rings (SSSR count). The van der Waals surface area contributed by atoms with Crippen LogP contribution >= 0.6 is 0 Å². The zero-order valence-corrected chi connectivity index (χ0v) is 49.6. The predicted molar refractivity (Wildman–Crippen MR) is 320 cm³/mol. The van der Waals surface area contributed by atoms with Gasteiger partial charge in [0.25, 0.3) is 0 Å². The number of allylic oxidation sites excluding steroid dienone is 1. The molecule has 73 heavy (non-hydrogen) atoms. The zero-order valence-electron chi connectivity index (χ0n) is 49.6. The molecule has 2 unspecified atom stereocenters. The summed E-state index contributed by atoms with van der Waals surface area (Å²) in [4.78, 5) is 24.5. The van der Waals surface area contributed by atoms with Crippen molar-refractivity contribution in [2.45, 2.75) is 392 Å². The zero-order chi connectivity index (χ0) is 52.9. The minimum absolute atomic E-state index is 0.0239. The lowest BCUT2D eigenvalue weighted by Crippen LogP contribution is -2.45. The molecule has 434 valence electrons. The minimum Gasteiger partial charge on any atom is -0.466 e. The van der Waals surface area contributed by atoms with Crippen LogP contribution in [0.1, 0.15) is 380 Å². The van der Waals surface area contributed by atoms with E-state index in [0.29, 0.717) is 19.4 Å². The Hall–Kier alpha value is -1.40. The molecule has 0 aliphatic heterocycles. The lowest BCUT2D eigenvalue weighted by atomic mass is 10.0. The topological polar surface area (TPSA) is 95.9 Å². The van der Waals surface area contributed by atoms with Crippen molar-refractivity contribution in [1.29, 1.82) is 0 Å². The fourth-order valence-electron chi connectivity index (χ4n) is 10.7. The van der Waals surface area contributed by atoms with E-state index in [1.807, 2.05) is 6.08 Å². The molecule has 0 aliphatic carbocycles. The first kappa shape index (κ1) is 71.6. The molecule has 0 bridgehead atoms. The van der Waals surface area contributed by atoms with Gasteiger partial charge in [0.1, 0.15) is 0 Å². The summed E-state index contributed by atoms with van der Waals surface area (Å²) in [5, 5.41) is 23.0. The van der Waals surface area contributed by atoms with Gasteiger partial charge >= 0.3 is 5.97 Å². The van der Waals surface area contributed by atoms with Gasteiger partial charge in [0.2, 0.25) is 5.91 Å². The second-order valence-corrected chi connectivity index (χ2v) is 23.2. The van der Waals surface area contributed by atoms with E-state index in [9.17, 15) is 19.8 Å². The molecule has 2 atom stereocenters. The highest BCUT2D eigenvalue weighted by Crippen LogP contribution is 2.19. The van der Waals surface area contributed by atoms with Crippen molar-refractivity contribution in [3.05, 3.63) is 12.2 Å². The van der Waals surface area contributed by atoms with Crippen LogP contribution < -0.4 is 5.32 Å². The Morgan fingerprint density at radius 1 is 0.370 bits per heavy atom. The van der Waals surface area contributed by atoms with Gasteiger partial charge in [0.15, 0.2) is 0 Å². The Kier molecular flexibility index (Phi) is 61.9. The second kappa shape index (κ2) is 63.1. The first-order valence-electron chi connectivity index (χ1n) is 33.5. The maximum atomic E-state index is 12.4. The number of ether oxygens (including phenoxy) is 1. The molecule has 3 N–H and O–H groups in total. The summed E-state index contributed by atoms with van der Waals surface area (Å²) in [6, 6.07) is -0.622. The number of aliphatic hydroxyl groups is 2. The third-order valence-corrected chi connectivity index (χ3v) is 15.8. The summed E-state index contributed by atoms with van der Waals surface area (Å²) in [6.45, 7) is 4.92. The summed E-state index contributed by atoms with van der Waals surface area (Å²) >= 11 is 0. The molecule has 0 fully saturated rings. The third-order valence-electron chi connectivity index (χ3n) is 15.8. The molecule has 0 aromatic heterocycles. The average Bonchev–Trinajstić information content (AvgIpc) is 3.39. The highest BCUT2D eigenvalue weighted by atomic mass is 16.5. The molecular weight excluding hydrogens is 899 g/mol. The van der Waals surface area contributed by atoms with Crippen LogP contribution in [0, 0.1) is 0 Å². The molecule has 6 heteroatoms. The lowest BCUT2D eigenvalue weighted by molar-refractivity contribution is -0.143. The van der Waals surface area contributed by atoms with Crippen molar-refractivity contribution in [3.63, 3.8) is 0 Å². The monoisotopic (exact) mass is 1030 g/mol. The van der Waals surface area contributed by atoms with Crippen molar-refractivity contribution < 1.29 is 24.5 Å². The fraction of sp³-hybridized carbons (Fsp3) is 0.940. The minimum atomic E-state index is -0.839. The quantitative estimate of drug-likeness (QED) is 0.0320. The molecule has 0 aromatic carbocycles. The van der Waals surface area contributed by atoms with Crippen molar-refractivity contribution in [3.8, 4) is 0 Å². The van der Waals surface area contributed by atoms with Crippen LogP contribution in [0.5, 0.6) is 0 Å². The predicted octanol–water partition coefficient (Wildman–Crippen LogP) is 21.2. The highest BCUT2D eigenvalue weighted by molar-refractivity contribution is 5.76. The molecular formula is C67H131NO5. The van der Waals surface area contributed by atoms with E-state index in [4.69, 9.17) is 4.74 Å². The molecule has 0 aromatic rings. The largest absolute Gasteiger partial charge is 0.466 e. The summed E-state index contributed by atoms with van der Waals surface area (Å²) in [5.74, 6) is -0.0403. The van der Waals surface area contributed by atoms with Crippen molar-refractivity contribution in [2.75, 3.05) is 13.2 Å². The number of amides is 1. The summed E-state index contributed by atoms with van der Waals surface area (Å²) in [7, 11) is 0. The van der Waals surface area contributed by atoms with Gasteiger partial charge in [-0.2, -0.15) is 0 Å². The lowest BCUT2D eigenvalue weighted by Gasteiger charge is -2.20. The Balaban J connectivity index is 3.30. The number of hydrogen-bond donors (Lipinski definition) is 3. The Morgan fingerprint density at radius 3 is 0.932 bits per heavy atom. The van der Waals surface area contributed by atoms with Crippen molar-refractivity contribution in [1.82, 2.24) is 5.32 Å². The van der Waals surface area contributed by atoms with Crippen LogP contribution in [0.15, 0.2) is 12.2 Å². The van der Waals surface area contributed by atoms with Crippen LogP contribution in [0.2, 0.25) is 0 Å². The number of carbonyl (C=O) groups excluding carboxylic acids is 2. The number of carbonyl (C=O) groups is 2. The van der Waals surface area contributed by atoms with Gasteiger partial charge in [0.05, 0.1) is 25.4 Å². The Bertz CT molecular complexity index is 1100. The normalized spacial score (nSPS) is 12.5. The fourth-order valence-corrected chi connectivity index (χ4v) is 10.7. The summed E-state index contributed by atoms with van der Waals surface area (Å²) < 4.78 is 5.50. The van der Waals surface area contributed by atoms with Crippen molar-refractivity contribution in [2.24, 2.45) is 0 Å². The maximum absolute atomic E-state index is 12.4. The average molecular weight is 1030 g/mol. The standard InChI is InChI=1S/C67H131NO5/c1-3-5-7-9-11-13-15-16-17-35-38-41-45-49-53-57-61-67(72)73-62-58-54-50-46-42-39-36-33-31-29-27-25-23-21-19-18-20-22-24-26-28-30-32-34-37-40-44-48-52-56-60-66(71)68-64(63-69)65(70)59-55-51-47-43-14-12-10-8-6-4-2/h55,59,64-65,69-70H,3-54,56-58,60-63H2,1-2H3,(H,68,71)/b59-55+. The van der Waals surface area contributed by atoms with E-state index in [2.05, 4.69) is 19.2 Å². The highest BCUT2D eigenvalue weighted by Gasteiger charge is 2.18. The number of nitrogens with one attached hydrogen (secondary N) is 1. The number of esters is 1. The van der Waals surface area contributed by atoms with Gasteiger partial charge in [-0.05, 0) is 32.1 Å². The first-order valence-corrected chi connectivity index (χ1v) is 33.5. The van der Waals surface area contributed by atoms with Crippen molar-refractivity contribution >= 4 is 11.9 Å². The molecule has 0 radical (unpaired) electrons. The van der Waals surface area contributed by atoms with E-state index in [1.165, 1.54) is 315 Å². The molecule has 0 aliphatic rings. The number of unbranched alkanes of at least 4 members (excludes halogenated alkanes) is 52. The third kappa shape index (κ3) is 59.7. The van der Waals surface area contributed by atoms with Crippen LogP contribution in [0.3, 0.4) is 0 Å². The van der Waals surface area contributed by atoms with Crippen LogP contribution in [0.4, 0.5) is 0 Å². The van der Waals surface area contributed by atoms with Crippen LogP contribution in [-0.2, 0) is 14.3 Å². The van der Waals surface area contributed by atoms with E-state index in [-0.39, 0.29) is 18.5 Å². The molecule has 0 spiro atoms. The SMILES string of the molecule is CCCCCCCCCC/C=C/C(O)C(CO)NC(=O)CCCCCCCCCCCCCCCCCCCCCCCCCCCCCCCCOC(=O)CCCCCCCCCCCCCCCCCC. The van der Waals surface area contributed by atoms with Gasteiger partial charge in [0, 0.05) is 12.8 Å². The van der Waals surface area contributed by atoms with Gasteiger partial charge in [-0.15, -0.1) is 0 Å². The molecule has 1 amide bonds. The van der Waals surface area contributed by atoms with E-state index in [0.717, 1.165) is 38.5 Å². The molecule has 0 heterocycles. The van der Waals surface area contributed by atoms with E-state index in [1.54, 1.807) is 6.08 Å². The molecule has 6 nitrogen and oxygen atoms in total. The summed E-state index contributed by atoms with van der Waals surface area (Å²) in [5.41, 5.74) is 0. The number of aliphatic hydroxyl groups excluding tert-OH is 2. The maximum Gasteiger partial charge on any atom is 0.305 e. The van der Waals surface area contributed by atoms with E-state index >= 15 is 0 Å². The van der Waals surface area contributed by atoms with Crippen LogP contribution in [-0.4, -0.2) is 47.4 Å². The summed E-state index contributed by atoms with van der Waals surface area (Å²) in [6.07, 6.45) is 77.2. The van der Waals surface area contributed by atoms with Gasteiger partial charge in [-0.1, -0.05) is 347 Å². The Labute approximate surface area is 457 Å². The second-order valence-electron chi connectivity index (χ2n) is 23.2. The molecule has 0 saturated carbocycles. The molecule has 0 saturated heterocycles. The van der Waals surface area contributed by atoms with Gasteiger partial charge in [-0.3, -0.25) is 9.59 Å². The van der Waals surface area contributed by atoms with Gasteiger partial charge < -0.3 is 20.3 Å². The van der Waals surface area contributed by atoms with E-state index < -0.39 is 12.1 Å². The van der Waals surface area contributed by atoms with Gasteiger partial charge in [-0.25, -0.2) is 0 Å². The number of hydrogen-bond acceptors (Lipinski definition) is 5. The first-order chi connectivity index (χ1) is 36.0.